The van der Waals surface area contributed by atoms with Crippen molar-refractivity contribution in [3.63, 3.8) is 0 Å². The standard InChI is InChI=1S/C18H35N3O2.C18H37NO2.C18H15P/c1-23-18(22)16-14-12-10-8-6-4-2-3-5-7-9-11-13-15-17-20-21-19;1-21-18(20)16-14-12-10-8-6-4-2-3-5-7-9-11-13-15-17-19;1-4-10-16(11-5-1)19(17-12-6-2-7-13-17)18-14-8-3-9-15-18/h2-17H2,1H3;2-17,19H2,1H3;1-15H. The third-order valence-corrected chi connectivity index (χ3v) is 13.7. The number of rotatable bonds is 36. The Morgan fingerprint density at radius 1 is 0.444 bits per heavy atom. The number of azide groups is 1. The summed E-state index contributed by atoms with van der Waals surface area (Å²) in [7, 11) is 2.47. The molecule has 63 heavy (non-hydrogen) atoms. The number of carbonyl (C=O) groups excluding carboxylic acids is 2. The molecule has 0 heterocycles. The van der Waals surface area contributed by atoms with Crippen molar-refractivity contribution in [2.75, 3.05) is 27.3 Å². The Balaban J connectivity index is 0.000000474. The number of hydrogen-bond acceptors (Lipinski definition) is 6. The maximum atomic E-state index is 10.9. The van der Waals surface area contributed by atoms with Gasteiger partial charge in [-0.2, -0.15) is 0 Å². The molecule has 0 aliphatic rings. The summed E-state index contributed by atoms with van der Waals surface area (Å²) in [5.74, 6) is -0.154. The molecule has 0 spiro atoms. The second-order valence-electron chi connectivity index (χ2n) is 16.6. The van der Waals surface area contributed by atoms with E-state index in [9.17, 15) is 9.59 Å². The van der Waals surface area contributed by atoms with Crippen LogP contribution in [0.2, 0.25) is 0 Å². The molecule has 0 amide bonds. The number of benzene rings is 3. The first-order valence-corrected chi connectivity index (χ1v) is 26.2. The molecule has 0 fully saturated rings. The summed E-state index contributed by atoms with van der Waals surface area (Å²) in [5.41, 5.74) is 13.6. The van der Waals surface area contributed by atoms with Crippen LogP contribution in [0.3, 0.4) is 0 Å². The highest BCUT2D eigenvalue weighted by atomic mass is 31.1. The van der Waals surface area contributed by atoms with Crippen LogP contribution in [0.4, 0.5) is 0 Å². The van der Waals surface area contributed by atoms with Crippen molar-refractivity contribution in [3.8, 4) is 0 Å². The van der Waals surface area contributed by atoms with Crippen LogP contribution in [-0.4, -0.2) is 39.2 Å². The third kappa shape index (κ3) is 35.4. The number of nitrogens with two attached hydrogens (primary N) is 1. The van der Waals surface area contributed by atoms with E-state index in [1.54, 1.807) is 0 Å². The number of esters is 2. The predicted molar refractivity (Wildman–Crippen MR) is 271 cm³/mol. The molecule has 3 aromatic rings. The van der Waals surface area contributed by atoms with Gasteiger partial charge in [0.15, 0.2) is 0 Å². The Bertz CT molecular complexity index is 1400. The molecule has 0 saturated carbocycles. The Morgan fingerprint density at radius 3 is 0.952 bits per heavy atom. The highest BCUT2D eigenvalue weighted by Gasteiger charge is 2.15. The normalized spacial score (nSPS) is 10.5. The summed E-state index contributed by atoms with van der Waals surface area (Å²) in [5, 5.41) is 7.74. The van der Waals surface area contributed by atoms with Gasteiger partial charge in [-0.15, -0.1) is 0 Å². The first kappa shape index (κ1) is 57.3. The second-order valence-corrected chi connectivity index (χ2v) is 18.9. The summed E-state index contributed by atoms with van der Waals surface area (Å²) in [6.45, 7) is 1.50. The van der Waals surface area contributed by atoms with Gasteiger partial charge in [0.25, 0.3) is 0 Å². The lowest BCUT2D eigenvalue weighted by Crippen LogP contribution is -2.20. The Morgan fingerprint density at radius 2 is 0.698 bits per heavy atom. The second kappa shape index (κ2) is 44.9. The van der Waals surface area contributed by atoms with Crippen molar-refractivity contribution in [1.29, 1.82) is 0 Å². The van der Waals surface area contributed by atoms with Crippen molar-refractivity contribution >= 4 is 35.8 Å². The molecule has 0 unspecified atom stereocenters. The van der Waals surface area contributed by atoms with Gasteiger partial charge in [-0.1, -0.05) is 250 Å². The van der Waals surface area contributed by atoms with Crippen LogP contribution in [0.25, 0.3) is 10.4 Å². The lowest BCUT2D eigenvalue weighted by Gasteiger charge is -2.18. The largest absolute Gasteiger partial charge is 0.469 e. The number of methoxy groups -OCH3 is 2. The van der Waals surface area contributed by atoms with E-state index in [0.29, 0.717) is 19.4 Å². The summed E-state index contributed by atoms with van der Waals surface area (Å²) in [6.07, 6.45) is 37.0. The van der Waals surface area contributed by atoms with E-state index < -0.39 is 7.92 Å². The first-order chi connectivity index (χ1) is 31.1. The quantitative estimate of drug-likeness (QED) is 0.0155. The molecule has 2 N–H and O–H groups in total. The van der Waals surface area contributed by atoms with Crippen molar-refractivity contribution in [3.05, 3.63) is 101 Å². The predicted octanol–water partition coefficient (Wildman–Crippen LogP) is 14.7. The minimum atomic E-state index is -0.446. The van der Waals surface area contributed by atoms with E-state index in [1.165, 1.54) is 178 Å². The topological polar surface area (TPSA) is 127 Å². The van der Waals surface area contributed by atoms with Gasteiger partial charge in [0.1, 0.15) is 0 Å². The molecule has 9 heteroatoms. The summed E-state index contributed by atoms with van der Waals surface area (Å²) >= 11 is 0. The van der Waals surface area contributed by atoms with Crippen molar-refractivity contribution < 1.29 is 19.1 Å². The molecule has 352 valence electrons. The van der Waals surface area contributed by atoms with E-state index in [2.05, 4.69) is 110 Å². The van der Waals surface area contributed by atoms with Gasteiger partial charge < -0.3 is 15.2 Å². The fourth-order valence-electron chi connectivity index (χ4n) is 7.54. The van der Waals surface area contributed by atoms with Gasteiger partial charge >= 0.3 is 11.9 Å². The fourth-order valence-corrected chi connectivity index (χ4v) is 9.84. The van der Waals surface area contributed by atoms with E-state index >= 15 is 0 Å². The summed E-state index contributed by atoms with van der Waals surface area (Å²) in [4.78, 5) is 24.6. The molecular formula is C54H87N4O4P. The van der Waals surface area contributed by atoms with Crippen LogP contribution in [-0.2, 0) is 19.1 Å². The SMILES string of the molecule is COC(=O)CCCCCCCCCCCCCCCCN.COC(=O)CCCCCCCCCCCCCCCCN=[N+]=[N-].c1ccc(P(c2ccccc2)c2ccccc2)cc1. The molecular weight excluding hydrogens is 800 g/mol. The maximum absolute atomic E-state index is 10.9. The third-order valence-electron chi connectivity index (χ3n) is 11.3. The van der Waals surface area contributed by atoms with Gasteiger partial charge in [0, 0.05) is 24.3 Å². The molecule has 3 aromatic carbocycles. The molecule has 0 radical (unpaired) electrons. The van der Waals surface area contributed by atoms with Crippen LogP contribution in [0.15, 0.2) is 96.1 Å². The Labute approximate surface area is 385 Å². The number of hydrogen-bond donors (Lipinski definition) is 1. The lowest BCUT2D eigenvalue weighted by molar-refractivity contribution is -0.141. The minimum Gasteiger partial charge on any atom is -0.469 e. The zero-order chi connectivity index (χ0) is 45.5. The molecule has 0 aromatic heterocycles. The number of nitrogens with zero attached hydrogens (tertiary/aromatic N) is 3. The van der Waals surface area contributed by atoms with Gasteiger partial charge in [-0.25, -0.2) is 0 Å². The van der Waals surface area contributed by atoms with Gasteiger partial charge in [0.05, 0.1) is 14.2 Å². The number of ether oxygens (including phenoxy) is 2. The van der Waals surface area contributed by atoms with E-state index in [1.807, 2.05) is 0 Å². The number of unbranched alkanes of at least 4 members (excludes halogenated alkanes) is 26. The Kier molecular flexibility index (Phi) is 40.8. The van der Waals surface area contributed by atoms with Crippen LogP contribution in [0, 0.1) is 0 Å². The molecule has 0 atom stereocenters. The summed E-state index contributed by atoms with van der Waals surface area (Å²) in [6, 6.07) is 32.3. The van der Waals surface area contributed by atoms with Crippen molar-refractivity contribution in [2.45, 2.75) is 193 Å². The van der Waals surface area contributed by atoms with Crippen LogP contribution < -0.4 is 21.6 Å². The van der Waals surface area contributed by atoms with E-state index in [-0.39, 0.29) is 11.9 Å². The average Bonchev–Trinajstić information content (AvgIpc) is 3.32. The monoisotopic (exact) mass is 887 g/mol. The zero-order valence-corrected chi connectivity index (χ0v) is 40.7. The molecule has 0 aliphatic carbocycles. The smallest absolute Gasteiger partial charge is 0.305 e. The first-order valence-electron chi connectivity index (χ1n) is 24.9. The molecule has 3 rings (SSSR count). The van der Waals surface area contributed by atoms with Crippen molar-refractivity contribution in [2.24, 2.45) is 10.8 Å². The lowest BCUT2D eigenvalue weighted by atomic mass is 10.0. The Hall–Kier alpha value is -3.70. The maximum Gasteiger partial charge on any atom is 0.305 e. The average molecular weight is 887 g/mol. The van der Waals surface area contributed by atoms with Gasteiger partial charge in [0.2, 0.25) is 0 Å². The summed E-state index contributed by atoms with van der Waals surface area (Å²) < 4.78 is 9.25. The highest BCUT2D eigenvalue weighted by molar-refractivity contribution is 7.79. The van der Waals surface area contributed by atoms with Gasteiger partial charge in [-0.05, 0) is 61.6 Å². The highest BCUT2D eigenvalue weighted by Crippen LogP contribution is 2.32. The molecule has 8 nitrogen and oxygen atoms in total. The van der Waals surface area contributed by atoms with Crippen LogP contribution in [0.1, 0.15) is 193 Å². The molecule has 0 saturated heterocycles. The fraction of sp³-hybridized carbons (Fsp3) is 0.630. The van der Waals surface area contributed by atoms with Crippen LogP contribution in [0.5, 0.6) is 0 Å². The minimum absolute atomic E-state index is 0.0713. The van der Waals surface area contributed by atoms with Crippen molar-refractivity contribution in [1.82, 2.24) is 0 Å². The zero-order valence-electron chi connectivity index (χ0n) is 39.8. The molecule has 0 aliphatic heterocycles. The van der Waals surface area contributed by atoms with Gasteiger partial charge in [-0.3, -0.25) is 9.59 Å². The number of carbonyl (C=O) groups is 2. The van der Waals surface area contributed by atoms with E-state index in [0.717, 1.165) is 38.6 Å². The molecule has 0 bridgehead atoms. The van der Waals surface area contributed by atoms with E-state index in [4.69, 9.17) is 11.3 Å². The van der Waals surface area contributed by atoms with Crippen LogP contribution >= 0.6 is 7.92 Å².